The van der Waals surface area contributed by atoms with Crippen molar-refractivity contribution in [1.82, 2.24) is 45.1 Å². The Morgan fingerprint density at radius 2 is 1.86 bits per heavy atom. The average Bonchev–Trinajstić information content (AvgIpc) is 3.58. The van der Waals surface area contributed by atoms with Crippen LogP contribution < -0.4 is 4.74 Å². The molecule has 4 aromatic heterocycles. The van der Waals surface area contributed by atoms with E-state index in [1.54, 1.807) is 24.9 Å². The van der Waals surface area contributed by atoms with Crippen molar-refractivity contribution >= 4 is 0 Å². The van der Waals surface area contributed by atoms with E-state index >= 15 is 0 Å². The first-order valence-electron chi connectivity index (χ1n) is 10.6. The zero-order valence-electron chi connectivity index (χ0n) is 19.0. The van der Waals surface area contributed by atoms with Gasteiger partial charge in [-0.15, -0.1) is 10.2 Å². The van der Waals surface area contributed by atoms with E-state index in [0.29, 0.717) is 29.5 Å². The number of rotatable bonds is 7. The fourth-order valence-electron chi connectivity index (χ4n) is 3.35. The third-order valence-corrected chi connectivity index (χ3v) is 5.23. The molecule has 1 aromatic carbocycles. The molecular weight excluding hydrogens is 479 g/mol. The molecular formula is C22H18F3N9O2. The van der Waals surface area contributed by atoms with Gasteiger partial charge in [0.2, 0.25) is 11.7 Å². The SMILES string of the molecule is Cc1nnn(Cc2ccc(-c3noc(-c4cnn(C)c4COc4ccc(C(F)(F)F)cn4)n3)cc2)n1. The predicted molar refractivity (Wildman–Crippen MR) is 117 cm³/mol. The third-order valence-electron chi connectivity index (χ3n) is 5.23. The maximum absolute atomic E-state index is 12.7. The Bertz CT molecular complexity index is 1470. The van der Waals surface area contributed by atoms with Gasteiger partial charge in [0.25, 0.3) is 5.89 Å². The van der Waals surface area contributed by atoms with Crippen molar-refractivity contribution in [2.75, 3.05) is 0 Å². The van der Waals surface area contributed by atoms with Crippen LogP contribution in [0.1, 0.15) is 22.6 Å². The molecule has 0 saturated carbocycles. The highest BCUT2D eigenvalue weighted by Gasteiger charge is 2.30. The first kappa shape index (κ1) is 23.1. The van der Waals surface area contributed by atoms with E-state index in [9.17, 15) is 13.2 Å². The molecule has 14 heteroatoms. The number of hydrogen-bond acceptors (Lipinski definition) is 9. The van der Waals surface area contributed by atoms with Crippen molar-refractivity contribution in [3.63, 3.8) is 0 Å². The van der Waals surface area contributed by atoms with Gasteiger partial charge < -0.3 is 9.26 Å². The highest BCUT2D eigenvalue weighted by molar-refractivity contribution is 5.61. The molecule has 184 valence electrons. The molecule has 5 aromatic rings. The van der Waals surface area contributed by atoms with E-state index in [1.165, 1.54) is 4.80 Å². The van der Waals surface area contributed by atoms with E-state index < -0.39 is 11.7 Å². The molecule has 0 amide bonds. The van der Waals surface area contributed by atoms with Crippen LogP contribution in [0.4, 0.5) is 13.2 Å². The van der Waals surface area contributed by atoms with Crippen molar-refractivity contribution in [3.8, 4) is 28.7 Å². The zero-order valence-corrected chi connectivity index (χ0v) is 19.0. The minimum absolute atomic E-state index is 0.0214. The van der Waals surface area contributed by atoms with Crippen LogP contribution in [-0.4, -0.2) is 45.1 Å². The molecule has 36 heavy (non-hydrogen) atoms. The smallest absolute Gasteiger partial charge is 0.417 e. The molecule has 0 spiro atoms. The molecule has 0 N–H and O–H groups in total. The second-order valence-electron chi connectivity index (χ2n) is 7.79. The predicted octanol–water partition coefficient (Wildman–Crippen LogP) is 3.47. The van der Waals surface area contributed by atoms with Gasteiger partial charge in [-0.2, -0.15) is 28.1 Å². The van der Waals surface area contributed by atoms with Crippen LogP contribution in [0, 0.1) is 6.92 Å². The highest BCUT2D eigenvalue weighted by Crippen LogP contribution is 2.30. The van der Waals surface area contributed by atoms with Crippen LogP contribution in [0.5, 0.6) is 5.88 Å². The molecule has 0 aliphatic carbocycles. The zero-order chi connectivity index (χ0) is 25.3. The number of alkyl halides is 3. The molecule has 5 rings (SSSR count). The quantitative estimate of drug-likeness (QED) is 0.333. The molecule has 0 saturated heterocycles. The molecule has 0 radical (unpaired) electrons. The monoisotopic (exact) mass is 497 g/mol. The van der Waals surface area contributed by atoms with Crippen LogP contribution in [0.15, 0.2) is 53.3 Å². The molecule has 0 atom stereocenters. The summed E-state index contributed by atoms with van der Waals surface area (Å²) in [5, 5.41) is 20.2. The van der Waals surface area contributed by atoms with Crippen molar-refractivity contribution in [3.05, 3.63) is 71.4 Å². The number of aryl methyl sites for hydroxylation is 2. The maximum Gasteiger partial charge on any atom is 0.417 e. The number of nitrogens with zero attached hydrogens (tertiary/aromatic N) is 9. The lowest BCUT2D eigenvalue weighted by molar-refractivity contribution is -0.137. The van der Waals surface area contributed by atoms with Gasteiger partial charge in [-0.3, -0.25) is 4.68 Å². The maximum atomic E-state index is 12.7. The molecule has 0 aliphatic rings. The number of hydrogen-bond donors (Lipinski definition) is 0. The van der Waals surface area contributed by atoms with Gasteiger partial charge in [-0.05, 0) is 23.8 Å². The van der Waals surface area contributed by atoms with Crippen molar-refractivity contribution < 1.29 is 22.4 Å². The van der Waals surface area contributed by atoms with Crippen LogP contribution in [0.2, 0.25) is 0 Å². The van der Waals surface area contributed by atoms with Gasteiger partial charge >= 0.3 is 6.18 Å². The largest absolute Gasteiger partial charge is 0.471 e. The number of benzene rings is 1. The molecule has 4 heterocycles. The van der Waals surface area contributed by atoms with Gasteiger partial charge in [0, 0.05) is 24.9 Å². The Morgan fingerprint density at radius 1 is 1.06 bits per heavy atom. The van der Waals surface area contributed by atoms with Gasteiger partial charge in [-0.1, -0.05) is 29.4 Å². The Hall–Kier alpha value is -4.62. The first-order chi connectivity index (χ1) is 17.3. The number of halogens is 3. The van der Waals surface area contributed by atoms with Crippen molar-refractivity contribution in [1.29, 1.82) is 0 Å². The van der Waals surface area contributed by atoms with E-state index in [4.69, 9.17) is 9.26 Å². The van der Waals surface area contributed by atoms with E-state index in [1.807, 2.05) is 24.3 Å². The van der Waals surface area contributed by atoms with Crippen molar-refractivity contribution in [2.24, 2.45) is 7.05 Å². The summed E-state index contributed by atoms with van der Waals surface area (Å²) in [5.41, 5.74) is 1.98. The van der Waals surface area contributed by atoms with Gasteiger partial charge in [0.1, 0.15) is 6.61 Å². The van der Waals surface area contributed by atoms with E-state index in [-0.39, 0.29) is 18.4 Å². The summed E-state index contributed by atoms with van der Waals surface area (Å²) in [5.74, 6) is 1.24. The molecule has 0 bridgehead atoms. The third kappa shape index (κ3) is 4.92. The minimum Gasteiger partial charge on any atom is -0.471 e. The second-order valence-corrected chi connectivity index (χ2v) is 7.79. The van der Waals surface area contributed by atoms with Crippen LogP contribution >= 0.6 is 0 Å². The van der Waals surface area contributed by atoms with E-state index in [0.717, 1.165) is 29.5 Å². The Kier molecular flexibility index (Phi) is 5.91. The summed E-state index contributed by atoms with van der Waals surface area (Å²) >= 11 is 0. The number of ether oxygens (including phenoxy) is 1. The Balaban J connectivity index is 1.29. The molecule has 0 fully saturated rings. The standard InChI is InChI=1S/C22H18F3N9O2/c1-13-29-32-34(30-13)11-14-3-5-15(6-4-14)20-28-21(36-31-20)17-10-27-33(2)18(17)12-35-19-8-7-16(9-26-19)22(23,24)25/h3-10H,11-12H2,1-2H3. The number of aromatic nitrogens is 9. The summed E-state index contributed by atoms with van der Waals surface area (Å²) in [7, 11) is 1.70. The van der Waals surface area contributed by atoms with Gasteiger partial charge in [0.15, 0.2) is 5.82 Å². The van der Waals surface area contributed by atoms with Crippen LogP contribution in [0.3, 0.4) is 0 Å². The fourth-order valence-corrected chi connectivity index (χ4v) is 3.35. The summed E-state index contributed by atoms with van der Waals surface area (Å²) in [4.78, 5) is 9.69. The minimum atomic E-state index is -4.47. The Labute approximate surface area is 201 Å². The average molecular weight is 497 g/mol. The lowest BCUT2D eigenvalue weighted by atomic mass is 10.1. The first-order valence-corrected chi connectivity index (χ1v) is 10.6. The van der Waals surface area contributed by atoms with Crippen molar-refractivity contribution in [2.45, 2.75) is 26.3 Å². The Morgan fingerprint density at radius 3 is 2.53 bits per heavy atom. The highest BCUT2D eigenvalue weighted by atomic mass is 19.4. The number of tetrazole rings is 1. The topological polar surface area (TPSA) is 122 Å². The van der Waals surface area contributed by atoms with Gasteiger partial charge in [-0.25, -0.2) is 4.98 Å². The summed E-state index contributed by atoms with van der Waals surface area (Å²) in [6.07, 6.45) is -2.20. The second kappa shape index (κ2) is 9.20. The molecule has 11 nitrogen and oxygen atoms in total. The van der Waals surface area contributed by atoms with E-state index in [2.05, 4.69) is 35.6 Å². The lowest BCUT2D eigenvalue weighted by Gasteiger charge is -2.09. The van der Waals surface area contributed by atoms with Crippen LogP contribution in [0.25, 0.3) is 22.8 Å². The van der Waals surface area contributed by atoms with Crippen LogP contribution in [-0.2, 0) is 26.4 Å². The lowest BCUT2D eigenvalue weighted by Crippen LogP contribution is -2.07. The summed E-state index contributed by atoms with van der Waals surface area (Å²) in [6, 6.07) is 9.60. The fraction of sp³-hybridized carbons (Fsp3) is 0.227. The normalized spacial score (nSPS) is 11.7. The van der Waals surface area contributed by atoms with Gasteiger partial charge in [0.05, 0.1) is 29.6 Å². The molecule has 0 aliphatic heterocycles. The number of pyridine rings is 1. The summed E-state index contributed by atoms with van der Waals surface area (Å²) in [6.45, 7) is 2.23. The molecule has 0 unspecified atom stereocenters. The summed E-state index contributed by atoms with van der Waals surface area (Å²) < 4.78 is 50.8.